The Balaban J connectivity index is 1.50. The summed E-state index contributed by atoms with van der Waals surface area (Å²) in [6.45, 7) is 1.42. The first-order chi connectivity index (χ1) is 13.7. The Kier molecular flexibility index (Phi) is 5.78. The van der Waals surface area contributed by atoms with Gasteiger partial charge in [-0.3, -0.25) is 9.36 Å². The molecule has 0 bridgehead atoms. The third-order valence-electron chi connectivity index (χ3n) is 4.61. The van der Waals surface area contributed by atoms with Crippen LogP contribution < -0.4 is 4.74 Å². The van der Waals surface area contributed by atoms with E-state index in [-0.39, 0.29) is 17.6 Å². The van der Waals surface area contributed by atoms with Crippen molar-refractivity contribution in [2.45, 2.75) is 30.6 Å². The number of hydrogen-bond acceptors (Lipinski definition) is 7. The molecule has 0 saturated carbocycles. The number of ether oxygens (including phenoxy) is 2. The molecule has 2 aromatic heterocycles. The lowest BCUT2D eigenvalue weighted by Gasteiger charge is -2.13. The molecule has 0 unspecified atom stereocenters. The lowest BCUT2D eigenvalue weighted by atomic mass is 10.1. The Bertz CT molecular complexity index is 916. The molecule has 1 aliphatic heterocycles. The maximum Gasteiger partial charge on any atom is 0.200 e. The number of thioether (sulfide) groups is 1. The van der Waals surface area contributed by atoms with Crippen molar-refractivity contribution in [1.29, 1.82) is 0 Å². The molecule has 3 aromatic rings. The van der Waals surface area contributed by atoms with Crippen molar-refractivity contribution in [3.8, 4) is 17.3 Å². The molecule has 3 heterocycles. The summed E-state index contributed by atoms with van der Waals surface area (Å²) in [7, 11) is 1.60. The van der Waals surface area contributed by atoms with Gasteiger partial charge in [-0.05, 0) is 49.2 Å². The van der Waals surface area contributed by atoms with E-state index in [1.165, 1.54) is 11.8 Å². The van der Waals surface area contributed by atoms with Crippen molar-refractivity contribution >= 4 is 17.5 Å². The largest absolute Gasteiger partial charge is 0.497 e. The van der Waals surface area contributed by atoms with Crippen LogP contribution in [0.3, 0.4) is 0 Å². The molecule has 4 rings (SSSR count). The topological polar surface area (TPSA) is 79.4 Å². The quantitative estimate of drug-likeness (QED) is 0.422. The van der Waals surface area contributed by atoms with Crippen LogP contribution in [0.25, 0.3) is 11.6 Å². The van der Waals surface area contributed by atoms with Crippen LogP contribution in [-0.4, -0.2) is 46.1 Å². The van der Waals surface area contributed by atoms with E-state index in [1.54, 1.807) is 37.6 Å². The lowest BCUT2D eigenvalue weighted by molar-refractivity contribution is 0.0952. The Labute approximate surface area is 167 Å². The summed E-state index contributed by atoms with van der Waals surface area (Å²) in [5.41, 5.74) is 0.643. The van der Waals surface area contributed by atoms with Gasteiger partial charge in [0.2, 0.25) is 5.82 Å². The molecular weight excluding hydrogens is 378 g/mol. The second-order valence-electron chi connectivity index (χ2n) is 6.47. The molecule has 1 aliphatic rings. The number of benzene rings is 1. The van der Waals surface area contributed by atoms with E-state index in [0.29, 0.717) is 28.8 Å². The highest BCUT2D eigenvalue weighted by atomic mass is 32.2. The normalized spacial score (nSPS) is 16.4. The van der Waals surface area contributed by atoms with E-state index < -0.39 is 0 Å². The Morgan fingerprint density at radius 3 is 2.82 bits per heavy atom. The smallest absolute Gasteiger partial charge is 0.200 e. The van der Waals surface area contributed by atoms with Gasteiger partial charge in [0.25, 0.3) is 0 Å². The molecular formula is C20H21N3O4S. The fraction of sp³-hybridized carbons (Fsp3) is 0.350. The van der Waals surface area contributed by atoms with Crippen LogP contribution >= 0.6 is 11.8 Å². The summed E-state index contributed by atoms with van der Waals surface area (Å²) < 4.78 is 18.4. The fourth-order valence-electron chi connectivity index (χ4n) is 3.13. The van der Waals surface area contributed by atoms with E-state index >= 15 is 0 Å². The number of ketones is 1. The first kappa shape index (κ1) is 18.8. The summed E-state index contributed by atoms with van der Waals surface area (Å²) in [6, 6.07) is 10.8. The molecule has 0 N–H and O–H groups in total. The van der Waals surface area contributed by atoms with Crippen LogP contribution in [0.4, 0.5) is 0 Å². The molecule has 1 aromatic carbocycles. The number of aromatic nitrogens is 3. The molecule has 1 fully saturated rings. The molecule has 7 nitrogen and oxygen atoms in total. The second kappa shape index (κ2) is 8.62. The van der Waals surface area contributed by atoms with Crippen LogP contribution in [0, 0.1) is 0 Å². The zero-order chi connectivity index (χ0) is 19.3. The average Bonchev–Trinajstić information content (AvgIpc) is 3.49. The predicted molar refractivity (Wildman–Crippen MR) is 105 cm³/mol. The van der Waals surface area contributed by atoms with Crippen LogP contribution in [0.15, 0.2) is 52.2 Å². The summed E-state index contributed by atoms with van der Waals surface area (Å²) in [4.78, 5) is 12.5. The van der Waals surface area contributed by atoms with Crippen molar-refractivity contribution in [2.24, 2.45) is 0 Å². The van der Waals surface area contributed by atoms with Gasteiger partial charge in [-0.2, -0.15) is 0 Å². The zero-order valence-corrected chi connectivity index (χ0v) is 16.4. The molecule has 0 aliphatic carbocycles. The van der Waals surface area contributed by atoms with Gasteiger partial charge < -0.3 is 13.9 Å². The molecule has 0 radical (unpaired) electrons. The van der Waals surface area contributed by atoms with Gasteiger partial charge in [0, 0.05) is 12.2 Å². The van der Waals surface area contributed by atoms with Crippen LogP contribution in [0.2, 0.25) is 0 Å². The second-order valence-corrected chi connectivity index (χ2v) is 7.41. The third-order valence-corrected chi connectivity index (χ3v) is 5.58. The predicted octanol–water partition coefficient (Wildman–Crippen LogP) is 3.70. The molecule has 8 heteroatoms. The number of rotatable bonds is 8. The number of carbonyl (C=O) groups is 1. The highest BCUT2D eigenvalue weighted by Gasteiger charge is 2.23. The Hall–Kier alpha value is -2.58. The summed E-state index contributed by atoms with van der Waals surface area (Å²) >= 11 is 1.37. The van der Waals surface area contributed by atoms with Crippen molar-refractivity contribution in [1.82, 2.24) is 14.8 Å². The van der Waals surface area contributed by atoms with Crippen LogP contribution in [0.5, 0.6) is 5.75 Å². The first-order valence-electron chi connectivity index (χ1n) is 9.13. The highest BCUT2D eigenvalue weighted by molar-refractivity contribution is 7.99. The summed E-state index contributed by atoms with van der Waals surface area (Å²) in [6.07, 6.45) is 3.80. The van der Waals surface area contributed by atoms with Crippen molar-refractivity contribution in [3.63, 3.8) is 0 Å². The Morgan fingerprint density at radius 1 is 1.29 bits per heavy atom. The van der Waals surface area contributed by atoms with Gasteiger partial charge in [0.05, 0.1) is 31.8 Å². The third kappa shape index (κ3) is 4.13. The van der Waals surface area contributed by atoms with Crippen LogP contribution in [-0.2, 0) is 11.3 Å². The van der Waals surface area contributed by atoms with E-state index in [1.807, 2.05) is 16.7 Å². The summed E-state index contributed by atoms with van der Waals surface area (Å²) in [5, 5.41) is 9.27. The minimum absolute atomic E-state index is 0.0267. The minimum atomic E-state index is 0.0267. The first-order valence-corrected chi connectivity index (χ1v) is 10.1. The number of methoxy groups -OCH3 is 1. The number of nitrogens with zero attached hydrogens (tertiary/aromatic N) is 3. The highest BCUT2D eigenvalue weighted by Crippen LogP contribution is 2.27. The molecule has 0 spiro atoms. The standard InChI is InChI=1S/C20H21N3O4S/c1-25-15-8-6-14(7-9-15)17(24)13-28-20-22-21-19(18-5-3-11-27-18)23(20)12-16-4-2-10-26-16/h3,5-9,11,16H,2,4,10,12-13H2,1H3/t16-/m0/s1. The van der Waals surface area contributed by atoms with Crippen molar-refractivity contribution < 1.29 is 18.7 Å². The maximum absolute atomic E-state index is 12.5. The zero-order valence-electron chi connectivity index (χ0n) is 15.5. The van der Waals surface area contributed by atoms with Gasteiger partial charge in [0.1, 0.15) is 5.75 Å². The minimum Gasteiger partial charge on any atom is -0.497 e. The van der Waals surface area contributed by atoms with Gasteiger partial charge in [0.15, 0.2) is 16.7 Å². The molecule has 0 amide bonds. The average molecular weight is 399 g/mol. The fourth-order valence-corrected chi connectivity index (χ4v) is 3.97. The van der Waals surface area contributed by atoms with Crippen molar-refractivity contribution in [2.75, 3.05) is 19.5 Å². The van der Waals surface area contributed by atoms with Crippen molar-refractivity contribution in [3.05, 3.63) is 48.2 Å². The Morgan fingerprint density at radius 2 is 2.14 bits per heavy atom. The van der Waals surface area contributed by atoms with E-state index in [2.05, 4.69) is 10.2 Å². The number of furan rings is 1. The van der Waals surface area contributed by atoms with Gasteiger partial charge in [-0.1, -0.05) is 11.8 Å². The SMILES string of the molecule is COc1ccc(C(=O)CSc2nnc(-c3ccco3)n2C[C@@H]2CCCO2)cc1. The molecule has 1 atom stereocenters. The molecule has 28 heavy (non-hydrogen) atoms. The van der Waals surface area contributed by atoms with Gasteiger partial charge in [-0.25, -0.2) is 0 Å². The molecule has 1 saturated heterocycles. The van der Waals surface area contributed by atoms with E-state index in [4.69, 9.17) is 13.9 Å². The number of Topliss-reactive ketones (excluding diaryl/α,β-unsaturated/α-hetero) is 1. The van der Waals surface area contributed by atoms with E-state index in [0.717, 1.165) is 25.2 Å². The van der Waals surface area contributed by atoms with Gasteiger partial charge in [-0.15, -0.1) is 10.2 Å². The maximum atomic E-state index is 12.5. The number of carbonyl (C=O) groups excluding carboxylic acids is 1. The molecule has 146 valence electrons. The van der Waals surface area contributed by atoms with Gasteiger partial charge >= 0.3 is 0 Å². The number of hydrogen-bond donors (Lipinski definition) is 0. The lowest BCUT2D eigenvalue weighted by Crippen LogP contribution is -2.17. The van der Waals surface area contributed by atoms with E-state index in [9.17, 15) is 4.79 Å². The summed E-state index contributed by atoms with van der Waals surface area (Å²) in [5.74, 6) is 2.33. The monoisotopic (exact) mass is 399 g/mol. The van der Waals surface area contributed by atoms with Crippen LogP contribution in [0.1, 0.15) is 23.2 Å².